The van der Waals surface area contributed by atoms with Gasteiger partial charge in [-0.2, -0.15) is 0 Å². The van der Waals surface area contributed by atoms with Crippen LogP contribution < -0.4 is 9.80 Å². The largest absolute Gasteiger partial charge is 0.309 e. The number of para-hydroxylation sites is 2. The standard InChI is InChI=1S/C26H29N5O2/c1-4-6-16-30(5-2)18-23(32)31-22-15-11-10-14-21(22)29(3)26(33)20-17-27-24(28-25(20)31)19-12-8-7-9-13-19/h7-15,17H,4-6,16,18H2,1-3H3. The van der Waals surface area contributed by atoms with E-state index in [1.54, 1.807) is 16.8 Å². The minimum atomic E-state index is -0.245. The Kier molecular flexibility index (Phi) is 6.79. The topological polar surface area (TPSA) is 69.6 Å². The first-order valence-electron chi connectivity index (χ1n) is 11.4. The summed E-state index contributed by atoms with van der Waals surface area (Å²) >= 11 is 0. The average molecular weight is 444 g/mol. The lowest BCUT2D eigenvalue weighted by Crippen LogP contribution is -2.39. The second-order valence-corrected chi connectivity index (χ2v) is 8.10. The molecule has 1 aromatic heterocycles. The first kappa shape index (κ1) is 22.6. The Bertz CT molecular complexity index is 1150. The lowest BCUT2D eigenvalue weighted by Gasteiger charge is -2.27. The van der Waals surface area contributed by atoms with Crippen LogP contribution in [-0.2, 0) is 4.79 Å². The summed E-state index contributed by atoms with van der Waals surface area (Å²) in [4.78, 5) is 41.6. The number of aromatic nitrogens is 2. The smallest absolute Gasteiger partial charge is 0.263 e. The third kappa shape index (κ3) is 4.50. The third-order valence-corrected chi connectivity index (χ3v) is 5.91. The molecule has 0 atom stereocenters. The van der Waals surface area contributed by atoms with Crippen LogP contribution in [-0.4, -0.2) is 53.4 Å². The van der Waals surface area contributed by atoms with Crippen molar-refractivity contribution in [3.8, 4) is 11.4 Å². The van der Waals surface area contributed by atoms with Crippen LogP contribution in [0.5, 0.6) is 0 Å². The zero-order valence-electron chi connectivity index (χ0n) is 19.4. The zero-order valence-corrected chi connectivity index (χ0v) is 19.4. The fraction of sp³-hybridized carbons (Fsp3) is 0.308. The van der Waals surface area contributed by atoms with Crippen LogP contribution in [0.2, 0.25) is 0 Å². The number of carbonyl (C=O) groups excluding carboxylic acids is 2. The van der Waals surface area contributed by atoms with Crippen LogP contribution >= 0.6 is 0 Å². The van der Waals surface area contributed by atoms with Crippen LogP contribution in [0.3, 0.4) is 0 Å². The van der Waals surface area contributed by atoms with Crippen molar-refractivity contribution in [3.63, 3.8) is 0 Å². The maximum Gasteiger partial charge on any atom is 0.263 e. The molecule has 0 bridgehead atoms. The number of benzene rings is 2. The van der Waals surface area contributed by atoms with E-state index >= 15 is 0 Å². The lowest BCUT2D eigenvalue weighted by molar-refractivity contribution is -0.119. The molecule has 2 amide bonds. The van der Waals surface area contributed by atoms with Gasteiger partial charge in [-0.1, -0.05) is 62.7 Å². The monoisotopic (exact) mass is 443 g/mol. The Hall–Kier alpha value is -3.58. The van der Waals surface area contributed by atoms with Crippen molar-refractivity contribution < 1.29 is 9.59 Å². The summed E-state index contributed by atoms with van der Waals surface area (Å²) in [6.45, 7) is 6.05. The van der Waals surface area contributed by atoms with Gasteiger partial charge < -0.3 is 4.90 Å². The highest BCUT2D eigenvalue weighted by atomic mass is 16.2. The molecular formula is C26H29N5O2. The summed E-state index contributed by atoms with van der Waals surface area (Å²) in [6.07, 6.45) is 3.62. The summed E-state index contributed by atoms with van der Waals surface area (Å²) in [6, 6.07) is 17.0. The van der Waals surface area contributed by atoms with E-state index in [1.807, 2.05) is 54.6 Å². The van der Waals surface area contributed by atoms with Gasteiger partial charge in [0.1, 0.15) is 5.56 Å². The molecule has 1 aliphatic heterocycles. The SMILES string of the molecule is CCCCN(CC)CC(=O)N1c2ccccc2N(C)C(=O)c2cnc(-c3ccccc3)nc21. The van der Waals surface area contributed by atoms with Gasteiger partial charge in [0.15, 0.2) is 11.6 Å². The summed E-state index contributed by atoms with van der Waals surface area (Å²) in [5.74, 6) is 0.427. The number of unbranched alkanes of at least 4 members (excludes halogenated alkanes) is 1. The van der Waals surface area contributed by atoms with Gasteiger partial charge in [-0.3, -0.25) is 19.4 Å². The quantitative estimate of drug-likeness (QED) is 0.537. The predicted molar refractivity (Wildman–Crippen MR) is 131 cm³/mol. The Morgan fingerprint density at radius 3 is 2.39 bits per heavy atom. The maximum absolute atomic E-state index is 13.8. The Morgan fingerprint density at radius 2 is 1.70 bits per heavy atom. The second-order valence-electron chi connectivity index (χ2n) is 8.10. The molecule has 0 aliphatic carbocycles. The predicted octanol–water partition coefficient (Wildman–Crippen LogP) is 4.52. The summed E-state index contributed by atoms with van der Waals surface area (Å²) in [7, 11) is 1.71. The van der Waals surface area contributed by atoms with E-state index in [-0.39, 0.29) is 18.4 Å². The molecule has 0 saturated carbocycles. The fourth-order valence-electron chi connectivity index (χ4n) is 4.01. The Balaban J connectivity index is 1.85. The molecule has 0 saturated heterocycles. The van der Waals surface area contributed by atoms with Crippen LogP contribution in [0.4, 0.5) is 17.2 Å². The number of nitrogens with zero attached hydrogens (tertiary/aromatic N) is 5. The van der Waals surface area contributed by atoms with Gasteiger partial charge in [0.25, 0.3) is 5.91 Å². The first-order valence-corrected chi connectivity index (χ1v) is 11.4. The van der Waals surface area contributed by atoms with E-state index in [0.717, 1.165) is 31.5 Å². The molecule has 3 aromatic rings. The maximum atomic E-state index is 13.8. The molecule has 4 rings (SSSR count). The highest BCUT2D eigenvalue weighted by molar-refractivity contribution is 6.18. The van der Waals surface area contributed by atoms with E-state index in [0.29, 0.717) is 28.6 Å². The Morgan fingerprint density at radius 1 is 1.00 bits per heavy atom. The van der Waals surface area contributed by atoms with Crippen LogP contribution in [0.1, 0.15) is 37.0 Å². The molecule has 7 nitrogen and oxygen atoms in total. The van der Waals surface area contributed by atoms with E-state index in [2.05, 4.69) is 23.7 Å². The van der Waals surface area contributed by atoms with E-state index in [1.165, 1.54) is 6.20 Å². The molecule has 0 N–H and O–H groups in total. The number of carbonyl (C=O) groups is 2. The molecule has 2 aromatic carbocycles. The summed E-state index contributed by atoms with van der Waals surface area (Å²) < 4.78 is 0. The van der Waals surface area contributed by atoms with Gasteiger partial charge >= 0.3 is 0 Å². The van der Waals surface area contributed by atoms with Crippen LogP contribution in [0.15, 0.2) is 60.8 Å². The lowest BCUT2D eigenvalue weighted by atomic mass is 10.2. The molecule has 170 valence electrons. The van der Waals surface area contributed by atoms with Crippen molar-refractivity contribution in [2.24, 2.45) is 0 Å². The van der Waals surface area contributed by atoms with Gasteiger partial charge in [-0.25, -0.2) is 9.97 Å². The minimum absolute atomic E-state index is 0.123. The van der Waals surface area contributed by atoms with Gasteiger partial charge in [-0.05, 0) is 31.6 Å². The molecule has 33 heavy (non-hydrogen) atoms. The number of fused-ring (bicyclic) bond motifs is 2. The fourth-order valence-corrected chi connectivity index (χ4v) is 4.01. The van der Waals surface area contributed by atoms with Gasteiger partial charge in [0.05, 0.1) is 17.9 Å². The third-order valence-electron chi connectivity index (χ3n) is 5.91. The van der Waals surface area contributed by atoms with E-state index in [9.17, 15) is 9.59 Å². The van der Waals surface area contributed by atoms with Crippen molar-refractivity contribution in [1.82, 2.24) is 14.9 Å². The molecule has 0 unspecified atom stereocenters. The molecule has 1 aliphatic rings. The molecule has 2 heterocycles. The van der Waals surface area contributed by atoms with Crippen LogP contribution in [0, 0.1) is 0 Å². The number of rotatable bonds is 7. The van der Waals surface area contributed by atoms with Crippen molar-refractivity contribution in [2.75, 3.05) is 36.5 Å². The number of hydrogen-bond acceptors (Lipinski definition) is 5. The van der Waals surface area contributed by atoms with Crippen molar-refractivity contribution in [1.29, 1.82) is 0 Å². The molecular weight excluding hydrogens is 414 g/mol. The van der Waals surface area contributed by atoms with Gasteiger partial charge in [-0.15, -0.1) is 0 Å². The number of amides is 2. The number of hydrogen-bond donors (Lipinski definition) is 0. The minimum Gasteiger partial charge on any atom is -0.309 e. The summed E-state index contributed by atoms with van der Waals surface area (Å²) in [5, 5.41) is 0. The Labute approximate surface area is 194 Å². The average Bonchev–Trinajstić information content (AvgIpc) is 2.95. The molecule has 7 heteroatoms. The molecule has 0 spiro atoms. The number of anilines is 3. The highest BCUT2D eigenvalue weighted by Crippen LogP contribution is 2.39. The van der Waals surface area contributed by atoms with Gasteiger partial charge in [0.2, 0.25) is 5.91 Å². The first-order chi connectivity index (χ1) is 16.0. The highest BCUT2D eigenvalue weighted by Gasteiger charge is 2.34. The second kappa shape index (κ2) is 9.92. The van der Waals surface area contributed by atoms with Crippen molar-refractivity contribution >= 4 is 29.0 Å². The van der Waals surface area contributed by atoms with Gasteiger partial charge in [0, 0.05) is 18.8 Å². The number of likely N-dealkylation sites (N-methyl/N-ethyl adjacent to an activating group) is 1. The van der Waals surface area contributed by atoms with Crippen molar-refractivity contribution in [3.05, 3.63) is 66.4 Å². The zero-order chi connectivity index (χ0) is 23.4. The van der Waals surface area contributed by atoms with E-state index < -0.39 is 0 Å². The summed E-state index contributed by atoms with van der Waals surface area (Å²) in [5.41, 5.74) is 2.43. The van der Waals surface area contributed by atoms with Crippen molar-refractivity contribution in [2.45, 2.75) is 26.7 Å². The normalized spacial score (nSPS) is 13.0. The van der Waals surface area contributed by atoms with Crippen LogP contribution in [0.25, 0.3) is 11.4 Å². The molecule has 0 radical (unpaired) electrons. The molecule has 0 fully saturated rings. The van der Waals surface area contributed by atoms with E-state index in [4.69, 9.17) is 4.98 Å².